The molecule has 0 radical (unpaired) electrons. The van der Waals surface area contributed by atoms with E-state index in [9.17, 15) is 4.79 Å². The van der Waals surface area contributed by atoms with Crippen molar-refractivity contribution in [1.82, 2.24) is 15.1 Å². The van der Waals surface area contributed by atoms with Gasteiger partial charge in [0.15, 0.2) is 0 Å². The fourth-order valence-electron chi connectivity index (χ4n) is 4.09. The zero-order chi connectivity index (χ0) is 17.4. The van der Waals surface area contributed by atoms with Crippen molar-refractivity contribution < 1.29 is 14.3 Å². The molecule has 0 unspecified atom stereocenters. The molecule has 4 atom stereocenters. The van der Waals surface area contributed by atoms with Gasteiger partial charge in [-0.25, -0.2) is 0 Å². The van der Waals surface area contributed by atoms with Crippen molar-refractivity contribution in [3.05, 3.63) is 42.1 Å². The van der Waals surface area contributed by atoms with Gasteiger partial charge in [0.2, 0.25) is 0 Å². The number of amides is 1. The molecule has 1 aromatic heterocycles. The number of benzene rings is 1. The number of nitrogens with zero attached hydrogens (tertiary/aromatic N) is 2. The van der Waals surface area contributed by atoms with Crippen LogP contribution in [0.25, 0.3) is 11.3 Å². The minimum absolute atomic E-state index is 0.0892. The minimum atomic E-state index is -0.0892. The standard InChI is InChI=1S/C19H23N3O3/c1-22-16(10-15(21-22)12-6-4-3-5-7-12)19(23)20-17-13-8-9-25-18(13)14(17)11-24-2/h3-7,10,13-14,17-18H,8-9,11H2,1-2H3,(H,20,23)/t13-,14+,17+,18-/m0/s1. The van der Waals surface area contributed by atoms with Crippen LogP contribution in [-0.2, 0) is 16.5 Å². The van der Waals surface area contributed by atoms with Crippen LogP contribution in [0.2, 0.25) is 0 Å². The zero-order valence-corrected chi connectivity index (χ0v) is 14.5. The molecular formula is C19H23N3O3. The van der Waals surface area contributed by atoms with Crippen molar-refractivity contribution in [2.75, 3.05) is 20.3 Å². The van der Waals surface area contributed by atoms with Crippen molar-refractivity contribution in [2.24, 2.45) is 18.9 Å². The molecule has 1 aliphatic carbocycles. The zero-order valence-electron chi connectivity index (χ0n) is 14.5. The van der Waals surface area contributed by atoms with Crippen LogP contribution in [0.3, 0.4) is 0 Å². The van der Waals surface area contributed by atoms with Gasteiger partial charge < -0.3 is 14.8 Å². The summed E-state index contributed by atoms with van der Waals surface area (Å²) in [7, 11) is 3.49. The first-order valence-corrected chi connectivity index (χ1v) is 8.70. The molecule has 25 heavy (non-hydrogen) atoms. The molecule has 1 aliphatic heterocycles. The van der Waals surface area contributed by atoms with Crippen molar-refractivity contribution in [2.45, 2.75) is 18.6 Å². The SMILES string of the molecule is COC[C@@H]1[C@H](NC(=O)c2cc(-c3ccccc3)nn2C)[C@@H]2CCO[C@H]12. The summed E-state index contributed by atoms with van der Waals surface area (Å²) in [5, 5.41) is 7.67. The molecule has 2 fully saturated rings. The third-order valence-electron chi connectivity index (χ3n) is 5.37. The van der Waals surface area contributed by atoms with E-state index in [1.807, 2.05) is 36.4 Å². The summed E-state index contributed by atoms with van der Waals surface area (Å²) in [6.45, 7) is 1.37. The lowest BCUT2D eigenvalue weighted by atomic mass is 9.67. The van der Waals surface area contributed by atoms with Crippen LogP contribution in [0.5, 0.6) is 0 Å². The number of aryl methyl sites for hydroxylation is 1. The number of carbonyl (C=O) groups excluding carboxylic acids is 1. The van der Waals surface area contributed by atoms with Gasteiger partial charge in [-0.3, -0.25) is 9.48 Å². The van der Waals surface area contributed by atoms with E-state index in [2.05, 4.69) is 10.4 Å². The Balaban J connectivity index is 1.51. The van der Waals surface area contributed by atoms with Crippen LogP contribution in [0.15, 0.2) is 36.4 Å². The molecule has 0 bridgehead atoms. The Morgan fingerprint density at radius 2 is 2.20 bits per heavy atom. The van der Waals surface area contributed by atoms with E-state index in [4.69, 9.17) is 9.47 Å². The van der Waals surface area contributed by atoms with E-state index >= 15 is 0 Å². The summed E-state index contributed by atoms with van der Waals surface area (Å²) >= 11 is 0. The molecule has 1 saturated heterocycles. The smallest absolute Gasteiger partial charge is 0.269 e. The van der Waals surface area contributed by atoms with Crippen LogP contribution < -0.4 is 5.32 Å². The van der Waals surface area contributed by atoms with E-state index in [1.165, 1.54) is 0 Å². The first-order chi connectivity index (χ1) is 12.2. The van der Waals surface area contributed by atoms with Crippen LogP contribution in [0, 0.1) is 11.8 Å². The highest BCUT2D eigenvalue weighted by Crippen LogP contribution is 2.43. The van der Waals surface area contributed by atoms with E-state index in [0.717, 1.165) is 24.3 Å². The maximum atomic E-state index is 12.8. The Hall–Kier alpha value is -2.18. The maximum absolute atomic E-state index is 12.8. The van der Waals surface area contributed by atoms with Crippen molar-refractivity contribution in [3.63, 3.8) is 0 Å². The molecule has 2 aromatic rings. The minimum Gasteiger partial charge on any atom is -0.384 e. The van der Waals surface area contributed by atoms with Crippen LogP contribution in [0.1, 0.15) is 16.9 Å². The Morgan fingerprint density at radius 3 is 2.96 bits per heavy atom. The Bertz CT molecular complexity index is 759. The largest absolute Gasteiger partial charge is 0.384 e. The molecule has 1 N–H and O–H groups in total. The Morgan fingerprint density at radius 1 is 1.40 bits per heavy atom. The van der Waals surface area contributed by atoms with Gasteiger partial charge in [0.25, 0.3) is 5.91 Å². The molecular weight excluding hydrogens is 318 g/mol. The molecule has 1 amide bonds. The lowest BCUT2D eigenvalue weighted by Gasteiger charge is -2.47. The molecule has 1 saturated carbocycles. The summed E-state index contributed by atoms with van der Waals surface area (Å²) in [6.07, 6.45) is 1.22. The molecule has 4 rings (SSSR count). The number of ether oxygens (including phenoxy) is 2. The second kappa shape index (κ2) is 6.61. The topological polar surface area (TPSA) is 65.4 Å². The van der Waals surface area contributed by atoms with Gasteiger partial charge in [0.1, 0.15) is 5.69 Å². The summed E-state index contributed by atoms with van der Waals surface area (Å²) in [6, 6.07) is 11.8. The number of hydrogen-bond acceptors (Lipinski definition) is 4. The highest BCUT2D eigenvalue weighted by molar-refractivity contribution is 5.94. The number of nitrogens with one attached hydrogen (secondary N) is 1. The van der Waals surface area contributed by atoms with Crippen LogP contribution in [0.4, 0.5) is 0 Å². The highest BCUT2D eigenvalue weighted by atomic mass is 16.5. The predicted octanol–water partition coefficient (Wildman–Crippen LogP) is 1.87. The third-order valence-corrected chi connectivity index (χ3v) is 5.37. The molecule has 2 heterocycles. The lowest BCUT2D eigenvalue weighted by molar-refractivity contribution is -0.0810. The predicted molar refractivity (Wildman–Crippen MR) is 93.1 cm³/mol. The molecule has 132 valence electrons. The van der Waals surface area contributed by atoms with Crippen LogP contribution >= 0.6 is 0 Å². The van der Waals surface area contributed by atoms with Gasteiger partial charge in [-0.2, -0.15) is 5.10 Å². The Kier molecular flexibility index (Phi) is 4.31. The molecule has 2 aliphatic rings. The van der Waals surface area contributed by atoms with Gasteiger partial charge in [-0.15, -0.1) is 0 Å². The second-order valence-corrected chi connectivity index (χ2v) is 6.81. The normalized spacial score (nSPS) is 27.6. The number of fused-ring (bicyclic) bond motifs is 1. The first kappa shape index (κ1) is 16.3. The Labute approximate surface area is 147 Å². The number of carbonyl (C=O) groups is 1. The fourth-order valence-corrected chi connectivity index (χ4v) is 4.09. The van der Waals surface area contributed by atoms with Gasteiger partial charge in [-0.1, -0.05) is 30.3 Å². The highest BCUT2D eigenvalue weighted by Gasteiger charge is 2.54. The monoisotopic (exact) mass is 341 g/mol. The van der Waals surface area contributed by atoms with Crippen molar-refractivity contribution in [3.8, 4) is 11.3 Å². The summed E-state index contributed by atoms with van der Waals surface area (Å²) in [5.41, 5.74) is 2.37. The third kappa shape index (κ3) is 2.85. The second-order valence-electron chi connectivity index (χ2n) is 6.81. The van der Waals surface area contributed by atoms with Crippen LogP contribution in [-0.4, -0.2) is 48.2 Å². The van der Waals surface area contributed by atoms with E-state index in [-0.39, 0.29) is 24.0 Å². The van der Waals surface area contributed by atoms with Crippen molar-refractivity contribution >= 4 is 5.91 Å². The van der Waals surface area contributed by atoms with E-state index in [0.29, 0.717) is 18.2 Å². The van der Waals surface area contributed by atoms with Gasteiger partial charge in [-0.05, 0) is 12.5 Å². The van der Waals surface area contributed by atoms with Gasteiger partial charge in [0, 0.05) is 44.2 Å². The molecule has 1 aromatic carbocycles. The molecule has 0 spiro atoms. The fraction of sp³-hybridized carbons (Fsp3) is 0.474. The maximum Gasteiger partial charge on any atom is 0.269 e. The van der Waals surface area contributed by atoms with E-state index < -0.39 is 0 Å². The lowest BCUT2D eigenvalue weighted by Crippen LogP contribution is -2.62. The van der Waals surface area contributed by atoms with Crippen molar-refractivity contribution in [1.29, 1.82) is 0 Å². The molecule has 6 heteroatoms. The number of methoxy groups -OCH3 is 1. The number of hydrogen-bond donors (Lipinski definition) is 1. The van der Waals surface area contributed by atoms with Gasteiger partial charge >= 0.3 is 0 Å². The average molecular weight is 341 g/mol. The first-order valence-electron chi connectivity index (χ1n) is 8.70. The number of rotatable bonds is 5. The summed E-state index contributed by atoms with van der Waals surface area (Å²) in [4.78, 5) is 12.8. The van der Waals surface area contributed by atoms with E-state index in [1.54, 1.807) is 18.8 Å². The summed E-state index contributed by atoms with van der Waals surface area (Å²) in [5.74, 6) is 0.530. The summed E-state index contributed by atoms with van der Waals surface area (Å²) < 4.78 is 12.7. The average Bonchev–Trinajstić information content (AvgIpc) is 3.22. The quantitative estimate of drug-likeness (QED) is 0.902. The van der Waals surface area contributed by atoms with Gasteiger partial charge in [0.05, 0.1) is 18.4 Å². The molecule has 6 nitrogen and oxygen atoms in total. The number of aromatic nitrogens is 2.